The highest BCUT2D eigenvalue weighted by molar-refractivity contribution is 6.01. The smallest absolute Gasteiger partial charge is 0.295 e. The number of aromatic nitrogens is 3. The van der Waals surface area contributed by atoms with Gasteiger partial charge in [0.15, 0.2) is 5.82 Å². The Bertz CT molecular complexity index is 1080. The van der Waals surface area contributed by atoms with Crippen molar-refractivity contribution in [2.75, 3.05) is 5.32 Å². The highest BCUT2D eigenvalue weighted by Gasteiger charge is 2.19. The normalized spacial score (nSPS) is 10.7. The van der Waals surface area contributed by atoms with Crippen LogP contribution in [0.15, 0.2) is 72.8 Å². The number of benzene rings is 3. The molecule has 0 unspecified atom stereocenters. The van der Waals surface area contributed by atoms with Crippen LogP contribution < -0.4 is 5.32 Å². The highest BCUT2D eigenvalue weighted by Crippen LogP contribution is 2.22. The van der Waals surface area contributed by atoms with Crippen molar-refractivity contribution in [1.29, 1.82) is 0 Å². The van der Waals surface area contributed by atoms with E-state index in [1.165, 1.54) is 12.1 Å². The van der Waals surface area contributed by atoms with Gasteiger partial charge in [0.25, 0.3) is 5.91 Å². The van der Waals surface area contributed by atoms with Gasteiger partial charge in [-0.05, 0) is 62.4 Å². The second-order valence-corrected chi connectivity index (χ2v) is 6.83. The lowest BCUT2D eigenvalue weighted by atomic mass is 10.2. The summed E-state index contributed by atoms with van der Waals surface area (Å²) in [6.45, 7) is 3.97. The monoisotopic (exact) mass is 386 g/mol. The molecule has 0 fully saturated rings. The van der Waals surface area contributed by atoms with Crippen LogP contribution in [0.2, 0.25) is 0 Å². The number of amides is 1. The number of aryl methyl sites for hydroxylation is 2. The Hall–Kier alpha value is -3.80. The number of nitrogens with zero attached hydrogens (tertiary/aromatic N) is 3. The van der Waals surface area contributed by atoms with E-state index < -0.39 is 5.91 Å². The summed E-state index contributed by atoms with van der Waals surface area (Å²) in [5, 5.41) is 7.23. The number of hydrogen-bond acceptors (Lipinski definition) is 3. The van der Waals surface area contributed by atoms with E-state index in [1.54, 1.807) is 16.8 Å². The van der Waals surface area contributed by atoms with Crippen molar-refractivity contribution in [1.82, 2.24) is 14.8 Å². The van der Waals surface area contributed by atoms with Crippen molar-refractivity contribution < 1.29 is 9.18 Å². The van der Waals surface area contributed by atoms with Gasteiger partial charge in [-0.2, -0.15) is 0 Å². The molecule has 0 spiro atoms. The van der Waals surface area contributed by atoms with Crippen molar-refractivity contribution in [3.8, 4) is 17.1 Å². The van der Waals surface area contributed by atoms with Crippen molar-refractivity contribution in [3.05, 3.63) is 95.6 Å². The topological polar surface area (TPSA) is 59.8 Å². The zero-order valence-electron chi connectivity index (χ0n) is 16.1. The summed E-state index contributed by atoms with van der Waals surface area (Å²) in [6.07, 6.45) is 0. The summed E-state index contributed by atoms with van der Waals surface area (Å²) in [5.74, 6) is -0.260. The molecule has 5 nitrogen and oxygen atoms in total. The van der Waals surface area contributed by atoms with Crippen LogP contribution in [0.1, 0.15) is 21.7 Å². The maximum Gasteiger partial charge on any atom is 0.295 e. The van der Waals surface area contributed by atoms with Gasteiger partial charge in [0.05, 0.1) is 5.69 Å². The van der Waals surface area contributed by atoms with Gasteiger partial charge in [-0.3, -0.25) is 4.79 Å². The third-order valence-electron chi connectivity index (χ3n) is 4.50. The Balaban J connectivity index is 1.74. The van der Waals surface area contributed by atoms with Gasteiger partial charge < -0.3 is 5.32 Å². The average molecular weight is 386 g/mol. The van der Waals surface area contributed by atoms with Crippen molar-refractivity contribution in [2.24, 2.45) is 0 Å². The molecule has 0 saturated heterocycles. The van der Waals surface area contributed by atoms with Gasteiger partial charge in [-0.1, -0.05) is 35.4 Å². The number of carbonyl (C=O) groups excluding carboxylic acids is 1. The summed E-state index contributed by atoms with van der Waals surface area (Å²) in [4.78, 5) is 17.2. The molecule has 3 aromatic carbocycles. The molecular formula is C23H19FN4O. The minimum absolute atomic E-state index is 0.0328. The van der Waals surface area contributed by atoms with Crippen LogP contribution >= 0.6 is 0 Å². The first-order valence-electron chi connectivity index (χ1n) is 9.18. The molecule has 0 aliphatic rings. The average Bonchev–Trinajstić information content (AvgIpc) is 3.16. The van der Waals surface area contributed by atoms with E-state index >= 15 is 0 Å². The highest BCUT2D eigenvalue weighted by atomic mass is 19.1. The fourth-order valence-electron chi connectivity index (χ4n) is 2.88. The quantitative estimate of drug-likeness (QED) is 0.540. The number of nitrogens with one attached hydrogen (secondary N) is 1. The Morgan fingerprint density at radius 3 is 2.07 bits per heavy atom. The lowest BCUT2D eigenvalue weighted by Crippen LogP contribution is -2.14. The fourth-order valence-corrected chi connectivity index (χ4v) is 2.88. The van der Waals surface area contributed by atoms with Crippen LogP contribution in [0.5, 0.6) is 0 Å². The lowest BCUT2D eigenvalue weighted by molar-refractivity contribution is 0.101. The number of anilines is 1. The predicted octanol–water partition coefficient (Wildman–Crippen LogP) is 4.94. The third kappa shape index (κ3) is 4.06. The minimum Gasteiger partial charge on any atom is -0.319 e. The van der Waals surface area contributed by atoms with Crippen molar-refractivity contribution in [2.45, 2.75) is 13.8 Å². The van der Waals surface area contributed by atoms with Crippen LogP contribution in [0.4, 0.5) is 10.1 Å². The predicted molar refractivity (Wildman–Crippen MR) is 111 cm³/mol. The molecule has 4 rings (SSSR count). The molecule has 6 heteroatoms. The van der Waals surface area contributed by atoms with Gasteiger partial charge in [-0.15, -0.1) is 5.10 Å². The maximum atomic E-state index is 13.4. The molecular weight excluding hydrogens is 367 g/mol. The molecule has 29 heavy (non-hydrogen) atoms. The first-order valence-corrected chi connectivity index (χ1v) is 9.18. The van der Waals surface area contributed by atoms with Gasteiger partial charge in [0.1, 0.15) is 5.82 Å². The summed E-state index contributed by atoms with van der Waals surface area (Å²) in [7, 11) is 0. The van der Waals surface area contributed by atoms with Gasteiger partial charge in [0, 0.05) is 11.3 Å². The van der Waals surface area contributed by atoms with Crippen molar-refractivity contribution >= 4 is 11.6 Å². The van der Waals surface area contributed by atoms with E-state index in [2.05, 4.69) is 15.4 Å². The molecule has 4 aromatic rings. The van der Waals surface area contributed by atoms with E-state index in [4.69, 9.17) is 0 Å². The Morgan fingerprint density at radius 1 is 0.862 bits per heavy atom. The first kappa shape index (κ1) is 18.6. The molecule has 1 amide bonds. The van der Waals surface area contributed by atoms with Crippen LogP contribution in [-0.2, 0) is 0 Å². The zero-order valence-corrected chi connectivity index (χ0v) is 16.1. The summed E-state index contributed by atoms with van der Waals surface area (Å²) < 4.78 is 15.0. The van der Waals surface area contributed by atoms with Gasteiger partial charge in [-0.25, -0.2) is 14.1 Å². The van der Waals surface area contributed by atoms with E-state index in [-0.39, 0.29) is 11.6 Å². The second-order valence-electron chi connectivity index (χ2n) is 6.83. The molecule has 1 aromatic heterocycles. The fraction of sp³-hybridized carbons (Fsp3) is 0.0870. The van der Waals surface area contributed by atoms with Crippen LogP contribution in [0, 0.1) is 19.7 Å². The standard InChI is InChI=1S/C23H19FN4O/c1-15-3-11-19(12-4-15)25-23(29)21-26-22(17-7-9-18(24)10-8-17)28(27-21)20-13-5-16(2)6-14-20/h3-14H,1-2H3,(H,25,29). The second kappa shape index (κ2) is 7.67. The Labute approximate surface area is 167 Å². The van der Waals surface area contributed by atoms with Crippen LogP contribution in [0.25, 0.3) is 17.1 Å². The van der Waals surface area contributed by atoms with Crippen LogP contribution in [-0.4, -0.2) is 20.7 Å². The first-order chi connectivity index (χ1) is 14.0. The van der Waals surface area contributed by atoms with Gasteiger partial charge >= 0.3 is 0 Å². The van der Waals surface area contributed by atoms with E-state index in [9.17, 15) is 9.18 Å². The number of carbonyl (C=O) groups is 1. The third-order valence-corrected chi connectivity index (χ3v) is 4.50. The largest absolute Gasteiger partial charge is 0.319 e. The SMILES string of the molecule is Cc1ccc(NC(=O)c2nc(-c3ccc(F)cc3)n(-c3ccc(C)cc3)n2)cc1. The van der Waals surface area contributed by atoms with E-state index in [1.807, 2.05) is 62.4 Å². The number of halogens is 1. The van der Waals surface area contributed by atoms with Crippen molar-refractivity contribution in [3.63, 3.8) is 0 Å². The molecule has 0 saturated carbocycles. The molecule has 0 bridgehead atoms. The molecule has 0 aliphatic heterocycles. The summed E-state index contributed by atoms with van der Waals surface area (Å²) in [6, 6.07) is 21.1. The van der Waals surface area contributed by atoms with Crippen LogP contribution in [0.3, 0.4) is 0 Å². The number of rotatable bonds is 4. The maximum absolute atomic E-state index is 13.4. The Morgan fingerprint density at radius 2 is 1.45 bits per heavy atom. The van der Waals surface area contributed by atoms with Gasteiger partial charge in [0.2, 0.25) is 5.82 Å². The summed E-state index contributed by atoms with van der Waals surface area (Å²) in [5.41, 5.74) is 4.29. The van der Waals surface area contributed by atoms with E-state index in [0.29, 0.717) is 17.1 Å². The molecule has 144 valence electrons. The minimum atomic E-state index is -0.414. The molecule has 1 heterocycles. The molecule has 0 radical (unpaired) electrons. The lowest BCUT2D eigenvalue weighted by Gasteiger charge is -2.06. The van der Waals surface area contributed by atoms with E-state index in [0.717, 1.165) is 16.8 Å². The summed E-state index contributed by atoms with van der Waals surface area (Å²) >= 11 is 0. The molecule has 0 aliphatic carbocycles. The Kier molecular flexibility index (Phi) is 4.91. The zero-order chi connectivity index (χ0) is 20.4. The molecule has 1 N–H and O–H groups in total. The number of hydrogen-bond donors (Lipinski definition) is 1. The molecule has 0 atom stereocenters.